The van der Waals surface area contributed by atoms with Gasteiger partial charge in [0.15, 0.2) is 0 Å². The van der Waals surface area contributed by atoms with Gasteiger partial charge in [-0.2, -0.15) is 0 Å². The first-order chi connectivity index (χ1) is 7.58. The van der Waals surface area contributed by atoms with Crippen molar-refractivity contribution in [2.45, 2.75) is 23.1 Å². The van der Waals surface area contributed by atoms with Gasteiger partial charge in [0.25, 0.3) is 0 Å². The van der Waals surface area contributed by atoms with Crippen LogP contribution in [0.1, 0.15) is 12.8 Å². The fourth-order valence-electron chi connectivity index (χ4n) is 1.26. The van der Waals surface area contributed by atoms with Crippen molar-refractivity contribution in [2.75, 3.05) is 13.1 Å². The first-order valence-corrected chi connectivity index (χ1v) is 8.15. The van der Waals surface area contributed by atoms with Crippen molar-refractivity contribution >= 4 is 37.3 Å². The van der Waals surface area contributed by atoms with Gasteiger partial charge in [0.2, 0.25) is 10.0 Å². The highest BCUT2D eigenvalue weighted by Gasteiger charge is 2.20. The van der Waals surface area contributed by atoms with Gasteiger partial charge in [-0.25, -0.2) is 13.1 Å². The van der Waals surface area contributed by atoms with Gasteiger partial charge in [-0.3, -0.25) is 0 Å². The van der Waals surface area contributed by atoms with Crippen LogP contribution in [-0.4, -0.2) is 27.5 Å². The fourth-order valence-corrected chi connectivity index (χ4v) is 4.35. The number of sulfonamides is 1. The summed E-state index contributed by atoms with van der Waals surface area (Å²) < 4.78 is 27.3. The van der Waals surface area contributed by atoms with E-state index in [1.165, 1.54) is 24.2 Å². The Labute approximate surface area is 108 Å². The number of nitrogens with one attached hydrogen (secondary N) is 2. The van der Waals surface area contributed by atoms with E-state index in [1.807, 2.05) is 0 Å². The van der Waals surface area contributed by atoms with E-state index in [2.05, 4.69) is 26.0 Å². The first kappa shape index (κ1) is 12.5. The Morgan fingerprint density at radius 1 is 1.38 bits per heavy atom. The standard InChI is InChI=1S/C9H13BrN2O2S2/c10-8-3-4-9(15-8)16(13,14)12-6-5-11-7-1-2-7/h3-4,7,11-12H,1-2,5-6H2. The summed E-state index contributed by atoms with van der Waals surface area (Å²) in [6.45, 7) is 1.13. The molecule has 0 bridgehead atoms. The molecular weight excluding hydrogens is 312 g/mol. The Morgan fingerprint density at radius 3 is 2.69 bits per heavy atom. The summed E-state index contributed by atoms with van der Waals surface area (Å²) in [5.74, 6) is 0. The second kappa shape index (κ2) is 5.14. The van der Waals surface area contributed by atoms with Crippen molar-refractivity contribution < 1.29 is 8.42 Å². The number of hydrogen-bond acceptors (Lipinski definition) is 4. The van der Waals surface area contributed by atoms with Gasteiger partial charge in [0, 0.05) is 19.1 Å². The lowest BCUT2D eigenvalue weighted by Gasteiger charge is -2.05. The lowest BCUT2D eigenvalue weighted by molar-refractivity contribution is 0.577. The Balaban J connectivity index is 1.82. The Morgan fingerprint density at radius 2 is 2.12 bits per heavy atom. The Hall–Kier alpha value is 0.0500. The van der Waals surface area contributed by atoms with Crippen molar-refractivity contribution in [3.8, 4) is 0 Å². The van der Waals surface area contributed by atoms with E-state index in [-0.39, 0.29) is 0 Å². The van der Waals surface area contributed by atoms with Crippen molar-refractivity contribution in [3.63, 3.8) is 0 Å². The molecule has 1 aliphatic carbocycles. The van der Waals surface area contributed by atoms with Crippen LogP contribution in [0.15, 0.2) is 20.1 Å². The van der Waals surface area contributed by atoms with Crippen molar-refractivity contribution in [2.24, 2.45) is 0 Å². The van der Waals surface area contributed by atoms with Crippen LogP contribution in [0.2, 0.25) is 0 Å². The van der Waals surface area contributed by atoms with E-state index in [0.717, 1.165) is 3.79 Å². The molecule has 1 aromatic rings. The van der Waals surface area contributed by atoms with Gasteiger partial charge in [-0.15, -0.1) is 11.3 Å². The number of hydrogen-bond donors (Lipinski definition) is 2. The average Bonchev–Trinajstić information content (AvgIpc) is 2.94. The molecule has 1 saturated carbocycles. The SMILES string of the molecule is O=S(=O)(NCCNC1CC1)c1ccc(Br)s1. The zero-order valence-corrected chi connectivity index (χ0v) is 11.8. The summed E-state index contributed by atoms with van der Waals surface area (Å²) in [6.07, 6.45) is 2.43. The second-order valence-electron chi connectivity index (χ2n) is 3.68. The Bertz CT molecular complexity index is 454. The third kappa shape index (κ3) is 3.53. The van der Waals surface area contributed by atoms with Crippen LogP contribution >= 0.6 is 27.3 Å². The molecule has 2 N–H and O–H groups in total. The first-order valence-electron chi connectivity index (χ1n) is 5.06. The molecular formula is C9H13BrN2O2S2. The van der Waals surface area contributed by atoms with E-state index >= 15 is 0 Å². The molecule has 0 amide bonds. The number of halogens is 1. The highest BCUT2D eigenvalue weighted by molar-refractivity contribution is 9.11. The minimum atomic E-state index is -3.32. The van der Waals surface area contributed by atoms with E-state index < -0.39 is 10.0 Å². The van der Waals surface area contributed by atoms with Gasteiger partial charge in [0.05, 0.1) is 3.79 Å². The number of rotatable bonds is 6. The van der Waals surface area contributed by atoms with E-state index in [9.17, 15) is 8.42 Å². The molecule has 0 atom stereocenters. The molecule has 16 heavy (non-hydrogen) atoms. The minimum absolute atomic E-state index is 0.353. The molecule has 1 aliphatic rings. The largest absolute Gasteiger partial charge is 0.313 e. The molecule has 7 heteroatoms. The minimum Gasteiger partial charge on any atom is -0.313 e. The normalized spacial score (nSPS) is 16.6. The van der Waals surface area contributed by atoms with Crippen molar-refractivity contribution in [1.29, 1.82) is 0 Å². The summed E-state index contributed by atoms with van der Waals surface area (Å²) in [6, 6.07) is 3.95. The van der Waals surface area contributed by atoms with E-state index in [0.29, 0.717) is 23.3 Å². The molecule has 0 radical (unpaired) electrons. The summed E-state index contributed by atoms with van der Waals surface area (Å²) >= 11 is 4.46. The van der Waals surface area contributed by atoms with Crippen molar-refractivity contribution in [1.82, 2.24) is 10.0 Å². The van der Waals surface area contributed by atoms with E-state index in [1.54, 1.807) is 12.1 Å². The lowest BCUT2D eigenvalue weighted by Crippen LogP contribution is -2.32. The Kier molecular flexibility index (Phi) is 4.01. The van der Waals surface area contributed by atoms with Gasteiger partial charge < -0.3 is 5.32 Å². The van der Waals surface area contributed by atoms with E-state index in [4.69, 9.17) is 0 Å². The molecule has 1 fully saturated rings. The topological polar surface area (TPSA) is 58.2 Å². The fraction of sp³-hybridized carbons (Fsp3) is 0.556. The summed E-state index contributed by atoms with van der Waals surface area (Å²) in [5, 5.41) is 3.25. The smallest absolute Gasteiger partial charge is 0.250 e. The maximum absolute atomic E-state index is 11.8. The van der Waals surface area contributed by atoms with Crippen LogP contribution in [0.25, 0.3) is 0 Å². The van der Waals surface area contributed by atoms with Crippen LogP contribution in [0.3, 0.4) is 0 Å². The molecule has 0 aromatic carbocycles. The van der Waals surface area contributed by atoms with Crippen LogP contribution in [0.5, 0.6) is 0 Å². The molecule has 0 unspecified atom stereocenters. The van der Waals surface area contributed by atoms with Crippen LogP contribution < -0.4 is 10.0 Å². The third-order valence-electron chi connectivity index (χ3n) is 2.24. The van der Waals surface area contributed by atoms with Crippen LogP contribution in [0.4, 0.5) is 0 Å². The summed E-state index contributed by atoms with van der Waals surface area (Å²) in [4.78, 5) is 0. The zero-order valence-electron chi connectivity index (χ0n) is 8.57. The van der Waals surface area contributed by atoms with Crippen LogP contribution in [0, 0.1) is 0 Å². The molecule has 1 aromatic heterocycles. The van der Waals surface area contributed by atoms with Gasteiger partial charge in [-0.05, 0) is 40.9 Å². The van der Waals surface area contributed by atoms with Crippen molar-refractivity contribution in [3.05, 3.63) is 15.9 Å². The maximum Gasteiger partial charge on any atom is 0.250 e. The predicted molar refractivity (Wildman–Crippen MR) is 68.2 cm³/mol. The average molecular weight is 325 g/mol. The van der Waals surface area contributed by atoms with Gasteiger partial charge in [-0.1, -0.05) is 0 Å². The summed E-state index contributed by atoms with van der Waals surface area (Å²) in [5.41, 5.74) is 0. The summed E-state index contributed by atoms with van der Waals surface area (Å²) in [7, 11) is -3.32. The predicted octanol–water partition coefficient (Wildman–Crippen LogP) is 1.54. The molecule has 90 valence electrons. The monoisotopic (exact) mass is 324 g/mol. The zero-order chi connectivity index (χ0) is 11.6. The highest BCUT2D eigenvalue weighted by atomic mass is 79.9. The molecule has 1 heterocycles. The van der Waals surface area contributed by atoms with Gasteiger partial charge in [0.1, 0.15) is 4.21 Å². The second-order valence-corrected chi connectivity index (χ2v) is 8.14. The molecule has 0 saturated heterocycles. The molecule has 4 nitrogen and oxygen atoms in total. The molecule has 2 rings (SSSR count). The maximum atomic E-state index is 11.8. The quantitative estimate of drug-likeness (QED) is 0.780. The highest BCUT2D eigenvalue weighted by Crippen LogP contribution is 2.25. The lowest BCUT2D eigenvalue weighted by atomic mass is 10.6. The molecule has 0 spiro atoms. The third-order valence-corrected chi connectivity index (χ3v) is 5.82. The van der Waals surface area contributed by atoms with Gasteiger partial charge >= 0.3 is 0 Å². The molecule has 0 aliphatic heterocycles. The number of thiophene rings is 1. The van der Waals surface area contributed by atoms with Crippen LogP contribution in [-0.2, 0) is 10.0 Å².